The molecule has 2 amide bonds. The van der Waals surface area contributed by atoms with Gasteiger partial charge in [-0.1, -0.05) is 54.6 Å². The van der Waals surface area contributed by atoms with Crippen molar-refractivity contribution in [3.05, 3.63) is 106 Å². The first-order valence-electron chi connectivity index (χ1n) is 15.0. The number of carbonyl (C=O) groups is 2. The molecule has 3 aromatic carbocycles. The molecular weight excluding hydrogens is 571 g/mol. The van der Waals surface area contributed by atoms with E-state index < -0.39 is 35.3 Å². The number of hydrogen-bond acceptors (Lipinski definition) is 4. The van der Waals surface area contributed by atoms with Crippen LogP contribution in [0.2, 0.25) is 0 Å². The molecule has 3 aromatic rings. The maximum Gasteiger partial charge on any atom is 0.408 e. The van der Waals surface area contributed by atoms with Crippen LogP contribution in [0.3, 0.4) is 0 Å². The van der Waals surface area contributed by atoms with Gasteiger partial charge in [-0.25, -0.2) is 13.6 Å². The molecule has 1 saturated carbocycles. The van der Waals surface area contributed by atoms with Crippen molar-refractivity contribution in [2.75, 3.05) is 19.7 Å². The van der Waals surface area contributed by atoms with Gasteiger partial charge >= 0.3 is 6.09 Å². The second kappa shape index (κ2) is 12.7. The summed E-state index contributed by atoms with van der Waals surface area (Å²) >= 11 is 0. The predicted octanol–water partition coefficient (Wildman–Crippen LogP) is 5.78. The fourth-order valence-electron chi connectivity index (χ4n) is 6.28. The molecule has 2 bridgehead atoms. The lowest BCUT2D eigenvalue weighted by molar-refractivity contribution is -0.129. The monoisotopic (exact) mass is 605 g/mol. The zero-order chi connectivity index (χ0) is 30.8. The minimum atomic E-state index is -1.34. The topological polar surface area (TPSA) is 82.1 Å². The van der Waals surface area contributed by atoms with Crippen LogP contribution in [0.4, 0.5) is 18.0 Å². The molecule has 0 aromatic heterocycles. The summed E-state index contributed by atoms with van der Waals surface area (Å²) in [7, 11) is 0. The molecule has 7 nitrogen and oxygen atoms in total. The van der Waals surface area contributed by atoms with E-state index in [4.69, 9.17) is 4.74 Å². The third-order valence-corrected chi connectivity index (χ3v) is 8.60. The Bertz CT molecular complexity index is 1560. The van der Waals surface area contributed by atoms with Crippen LogP contribution in [0.5, 0.6) is 5.75 Å². The van der Waals surface area contributed by atoms with Gasteiger partial charge in [-0.15, -0.1) is 0 Å². The SMILES string of the molecule is O=C(C1=C(c2ccc(CCCOc3c(F)ccc(F)c3F)cc2)CC2CNCC1N2C(=O)O)N(Cc1ccccc1)C1CC1. The lowest BCUT2D eigenvalue weighted by Gasteiger charge is -2.47. The summed E-state index contributed by atoms with van der Waals surface area (Å²) in [6, 6.07) is 18.4. The number of carboxylic acid groups (broad SMARTS) is 1. The van der Waals surface area contributed by atoms with E-state index in [0.29, 0.717) is 44.5 Å². The van der Waals surface area contributed by atoms with Crippen LogP contribution >= 0.6 is 0 Å². The predicted molar refractivity (Wildman–Crippen MR) is 158 cm³/mol. The molecule has 2 N–H and O–H groups in total. The molecule has 0 spiro atoms. The summed E-state index contributed by atoms with van der Waals surface area (Å²) in [5.41, 5.74) is 4.25. The first kappa shape index (κ1) is 29.7. The standard InChI is InChI=1S/C34H34F3N3O4/c35-27-14-15-28(36)32(31(27)37)44-16-4-7-21-8-10-23(11-9-21)26-17-25-18-38-19-29(40(25)34(42)43)30(26)33(41)39(24-12-13-24)20-22-5-2-1-3-6-22/h1-3,5-6,8-11,14-15,24-25,29,38H,4,7,12-13,16-20H2,(H,42,43). The van der Waals surface area contributed by atoms with Crippen LogP contribution in [0, 0.1) is 17.5 Å². The molecule has 44 heavy (non-hydrogen) atoms. The number of piperazine rings is 1. The fraction of sp³-hybridized carbons (Fsp3) is 0.353. The number of nitrogens with zero attached hydrogens (tertiary/aromatic N) is 2. The van der Waals surface area contributed by atoms with Crippen molar-refractivity contribution in [1.82, 2.24) is 15.1 Å². The van der Waals surface area contributed by atoms with Crippen LogP contribution in [0.25, 0.3) is 5.57 Å². The van der Waals surface area contributed by atoms with E-state index in [1.807, 2.05) is 59.5 Å². The van der Waals surface area contributed by atoms with Gasteiger partial charge in [-0.2, -0.15) is 4.39 Å². The maximum absolute atomic E-state index is 14.4. The quantitative estimate of drug-likeness (QED) is 0.226. The van der Waals surface area contributed by atoms with E-state index in [0.717, 1.165) is 47.2 Å². The van der Waals surface area contributed by atoms with Crippen molar-refractivity contribution in [2.45, 2.75) is 56.8 Å². The molecule has 3 aliphatic rings. The summed E-state index contributed by atoms with van der Waals surface area (Å²) in [6.45, 7) is 1.33. The summed E-state index contributed by atoms with van der Waals surface area (Å²) < 4.78 is 46.3. The van der Waals surface area contributed by atoms with Crippen molar-refractivity contribution in [2.24, 2.45) is 0 Å². The fourth-order valence-corrected chi connectivity index (χ4v) is 6.28. The van der Waals surface area contributed by atoms with E-state index in [1.54, 1.807) is 0 Å². The highest BCUT2D eigenvalue weighted by Gasteiger charge is 2.46. The van der Waals surface area contributed by atoms with Gasteiger partial charge in [0, 0.05) is 31.2 Å². The molecule has 1 saturated heterocycles. The van der Waals surface area contributed by atoms with Gasteiger partial charge in [0.15, 0.2) is 17.4 Å². The maximum atomic E-state index is 14.4. The van der Waals surface area contributed by atoms with Crippen LogP contribution in [0.15, 0.2) is 72.3 Å². The van der Waals surface area contributed by atoms with Crippen LogP contribution < -0.4 is 10.1 Å². The number of nitrogens with one attached hydrogen (secondary N) is 1. The Morgan fingerprint density at radius 3 is 2.36 bits per heavy atom. The molecule has 0 radical (unpaired) electrons. The molecule has 2 fully saturated rings. The molecule has 2 unspecified atom stereocenters. The summed E-state index contributed by atoms with van der Waals surface area (Å²) in [6.07, 6.45) is 2.23. The first-order chi connectivity index (χ1) is 21.3. The smallest absolute Gasteiger partial charge is 0.408 e. The number of hydrogen-bond donors (Lipinski definition) is 2. The van der Waals surface area contributed by atoms with Crippen LogP contribution in [-0.4, -0.2) is 64.7 Å². The van der Waals surface area contributed by atoms with Crippen molar-refractivity contribution in [3.63, 3.8) is 0 Å². The number of fused-ring (bicyclic) bond motifs is 2. The Morgan fingerprint density at radius 2 is 1.66 bits per heavy atom. The van der Waals surface area contributed by atoms with Gasteiger partial charge in [0.25, 0.3) is 5.91 Å². The van der Waals surface area contributed by atoms with Gasteiger partial charge in [0.1, 0.15) is 0 Å². The zero-order valence-corrected chi connectivity index (χ0v) is 24.1. The van der Waals surface area contributed by atoms with E-state index in [-0.39, 0.29) is 24.6 Å². The molecule has 6 rings (SSSR count). The van der Waals surface area contributed by atoms with Gasteiger partial charge in [0.05, 0.1) is 18.7 Å². The molecule has 10 heteroatoms. The molecular formula is C34H34F3N3O4. The summed E-state index contributed by atoms with van der Waals surface area (Å²) in [4.78, 5) is 30.1. The normalized spacial score (nSPS) is 19.6. The third-order valence-electron chi connectivity index (χ3n) is 8.60. The van der Waals surface area contributed by atoms with Crippen molar-refractivity contribution in [3.8, 4) is 5.75 Å². The number of rotatable bonds is 10. The highest BCUT2D eigenvalue weighted by Crippen LogP contribution is 2.40. The molecule has 2 heterocycles. The summed E-state index contributed by atoms with van der Waals surface area (Å²) in [5, 5.41) is 13.5. The van der Waals surface area contributed by atoms with Crippen molar-refractivity contribution in [1.29, 1.82) is 0 Å². The molecule has 2 atom stereocenters. The largest absolute Gasteiger partial charge is 0.488 e. The second-order valence-corrected chi connectivity index (χ2v) is 11.6. The van der Waals surface area contributed by atoms with Gasteiger partial charge in [-0.05, 0) is 66.5 Å². The second-order valence-electron chi connectivity index (χ2n) is 11.6. The molecule has 2 aliphatic heterocycles. The van der Waals surface area contributed by atoms with E-state index in [2.05, 4.69) is 5.32 Å². The lowest BCUT2D eigenvalue weighted by Crippen LogP contribution is -2.63. The third kappa shape index (κ3) is 6.17. The van der Waals surface area contributed by atoms with Crippen molar-refractivity contribution >= 4 is 17.6 Å². The van der Waals surface area contributed by atoms with Gasteiger partial charge in [-0.3, -0.25) is 9.69 Å². The molecule has 1 aliphatic carbocycles. The minimum Gasteiger partial charge on any atom is -0.488 e. The zero-order valence-electron chi connectivity index (χ0n) is 24.1. The summed E-state index contributed by atoms with van der Waals surface area (Å²) in [5.74, 6) is -4.30. The number of carbonyl (C=O) groups excluding carboxylic acids is 1. The van der Waals surface area contributed by atoms with E-state index in [1.165, 1.54) is 4.90 Å². The van der Waals surface area contributed by atoms with E-state index in [9.17, 15) is 27.9 Å². The minimum absolute atomic E-state index is 0.00263. The Morgan fingerprint density at radius 1 is 0.932 bits per heavy atom. The Kier molecular flexibility index (Phi) is 8.61. The van der Waals surface area contributed by atoms with Crippen molar-refractivity contribution < 1.29 is 32.6 Å². The molecule has 230 valence electrons. The Labute approximate surface area is 253 Å². The van der Waals surface area contributed by atoms with Crippen LogP contribution in [-0.2, 0) is 17.8 Å². The number of aryl methyl sites for hydroxylation is 1. The van der Waals surface area contributed by atoms with E-state index >= 15 is 0 Å². The first-order valence-corrected chi connectivity index (χ1v) is 15.0. The average Bonchev–Trinajstić information content (AvgIpc) is 3.87. The number of benzene rings is 3. The Balaban J connectivity index is 1.24. The number of halogens is 3. The highest BCUT2D eigenvalue weighted by atomic mass is 19.2. The average molecular weight is 606 g/mol. The number of ether oxygens (including phenoxy) is 1. The lowest BCUT2D eigenvalue weighted by atomic mass is 9.81. The number of amides is 2. The van der Waals surface area contributed by atoms with Crippen LogP contribution in [0.1, 0.15) is 42.4 Å². The highest BCUT2D eigenvalue weighted by molar-refractivity contribution is 6.04. The van der Waals surface area contributed by atoms with Gasteiger partial charge < -0.3 is 20.1 Å². The van der Waals surface area contributed by atoms with Gasteiger partial charge in [0.2, 0.25) is 5.82 Å². The Hall–Kier alpha value is -4.31.